The van der Waals surface area contributed by atoms with Crippen LogP contribution in [0.5, 0.6) is 0 Å². The van der Waals surface area contributed by atoms with Gasteiger partial charge in [-0.1, -0.05) is 31.2 Å². The van der Waals surface area contributed by atoms with Crippen molar-refractivity contribution in [3.05, 3.63) is 35.4 Å². The van der Waals surface area contributed by atoms with Crippen LogP contribution in [-0.2, 0) is 17.6 Å². The van der Waals surface area contributed by atoms with E-state index in [-0.39, 0.29) is 11.3 Å². The maximum absolute atomic E-state index is 12.7. The van der Waals surface area contributed by atoms with Crippen molar-refractivity contribution in [2.24, 2.45) is 5.41 Å². The van der Waals surface area contributed by atoms with Crippen LogP contribution in [0.3, 0.4) is 0 Å². The highest BCUT2D eigenvalue weighted by molar-refractivity contribution is 5.83. The van der Waals surface area contributed by atoms with Crippen molar-refractivity contribution >= 4 is 5.91 Å². The molecule has 20 heavy (non-hydrogen) atoms. The summed E-state index contributed by atoms with van der Waals surface area (Å²) in [4.78, 5) is 12.7. The molecule has 1 amide bonds. The second-order valence-corrected chi connectivity index (χ2v) is 6.52. The minimum Gasteiger partial charge on any atom is -0.352 e. The zero-order chi connectivity index (χ0) is 14.0. The van der Waals surface area contributed by atoms with Crippen molar-refractivity contribution in [1.82, 2.24) is 10.6 Å². The SMILES string of the molecule is CC1(C(=O)N[C@H]2CCCNC2)CCc2ccccc2C1. The first-order chi connectivity index (χ1) is 9.67. The molecule has 2 atom stereocenters. The van der Waals surface area contributed by atoms with Crippen LogP contribution in [-0.4, -0.2) is 25.0 Å². The van der Waals surface area contributed by atoms with Crippen LogP contribution in [0.1, 0.15) is 37.3 Å². The summed E-state index contributed by atoms with van der Waals surface area (Å²) in [7, 11) is 0. The minimum atomic E-state index is -0.244. The quantitative estimate of drug-likeness (QED) is 0.865. The topological polar surface area (TPSA) is 41.1 Å². The number of benzene rings is 1. The summed E-state index contributed by atoms with van der Waals surface area (Å²) in [6.45, 7) is 4.12. The fraction of sp³-hybridized carbons (Fsp3) is 0.588. The molecule has 1 aliphatic carbocycles. The summed E-state index contributed by atoms with van der Waals surface area (Å²) in [6.07, 6.45) is 5.10. The normalized spacial score (nSPS) is 29.6. The van der Waals surface area contributed by atoms with E-state index in [1.54, 1.807) is 0 Å². The van der Waals surface area contributed by atoms with Crippen LogP contribution < -0.4 is 10.6 Å². The first kappa shape index (κ1) is 13.6. The number of hydrogen-bond donors (Lipinski definition) is 2. The molecule has 1 unspecified atom stereocenters. The second-order valence-electron chi connectivity index (χ2n) is 6.52. The number of piperidine rings is 1. The highest BCUT2D eigenvalue weighted by Gasteiger charge is 2.37. The molecule has 0 aromatic heterocycles. The van der Waals surface area contributed by atoms with Crippen LogP contribution in [0.4, 0.5) is 0 Å². The van der Waals surface area contributed by atoms with Gasteiger partial charge in [0.05, 0.1) is 5.41 Å². The smallest absolute Gasteiger partial charge is 0.226 e. The minimum absolute atomic E-state index is 0.237. The molecule has 1 aromatic rings. The zero-order valence-electron chi connectivity index (χ0n) is 12.2. The summed E-state index contributed by atoms with van der Waals surface area (Å²) >= 11 is 0. The Balaban J connectivity index is 1.68. The molecule has 3 heteroatoms. The molecule has 1 aliphatic heterocycles. The molecule has 108 valence electrons. The maximum atomic E-state index is 12.7. The third-order valence-electron chi connectivity index (χ3n) is 4.83. The molecule has 0 bridgehead atoms. The van der Waals surface area contributed by atoms with Crippen molar-refractivity contribution in [3.8, 4) is 0 Å². The van der Waals surface area contributed by atoms with Crippen LogP contribution in [0, 0.1) is 5.41 Å². The van der Waals surface area contributed by atoms with Crippen LogP contribution in [0.15, 0.2) is 24.3 Å². The zero-order valence-corrected chi connectivity index (χ0v) is 12.2. The van der Waals surface area contributed by atoms with E-state index >= 15 is 0 Å². The molecule has 1 fully saturated rings. The molecule has 0 saturated carbocycles. The third kappa shape index (κ3) is 2.73. The van der Waals surface area contributed by atoms with Crippen molar-refractivity contribution in [3.63, 3.8) is 0 Å². The van der Waals surface area contributed by atoms with E-state index < -0.39 is 0 Å². The number of carbonyl (C=O) groups excluding carboxylic acids is 1. The number of fused-ring (bicyclic) bond motifs is 1. The average Bonchev–Trinajstić information content (AvgIpc) is 2.48. The lowest BCUT2D eigenvalue weighted by Crippen LogP contribution is -2.51. The predicted octanol–water partition coefficient (Wildman–Crippen LogP) is 2.05. The fourth-order valence-electron chi connectivity index (χ4n) is 3.42. The van der Waals surface area contributed by atoms with Crippen LogP contribution >= 0.6 is 0 Å². The fourth-order valence-corrected chi connectivity index (χ4v) is 3.42. The Kier molecular flexibility index (Phi) is 3.79. The summed E-state index contributed by atoms with van der Waals surface area (Å²) in [6, 6.07) is 8.84. The highest BCUT2D eigenvalue weighted by Crippen LogP contribution is 2.35. The van der Waals surface area contributed by atoms with Gasteiger partial charge < -0.3 is 10.6 Å². The largest absolute Gasteiger partial charge is 0.352 e. The Bertz CT molecular complexity index is 494. The first-order valence-electron chi connectivity index (χ1n) is 7.76. The number of carbonyl (C=O) groups is 1. The van der Waals surface area contributed by atoms with Crippen molar-refractivity contribution in [2.75, 3.05) is 13.1 Å². The standard InChI is InChI=1S/C17H24N2O/c1-17(16(20)19-15-7-4-10-18-12-15)9-8-13-5-2-3-6-14(13)11-17/h2-3,5-6,15,18H,4,7-12H2,1H3,(H,19,20)/t15-,17?/m0/s1. The lowest BCUT2D eigenvalue weighted by Gasteiger charge is -2.35. The molecule has 3 nitrogen and oxygen atoms in total. The summed E-state index contributed by atoms with van der Waals surface area (Å²) in [5.41, 5.74) is 2.52. The number of rotatable bonds is 2. The monoisotopic (exact) mass is 272 g/mol. The van der Waals surface area contributed by atoms with E-state index in [1.165, 1.54) is 11.1 Å². The van der Waals surface area contributed by atoms with Gasteiger partial charge in [0.15, 0.2) is 0 Å². The van der Waals surface area contributed by atoms with Gasteiger partial charge in [0.1, 0.15) is 0 Å². The van der Waals surface area contributed by atoms with Gasteiger partial charge in [-0.3, -0.25) is 4.79 Å². The number of amides is 1. The Morgan fingerprint density at radius 1 is 1.35 bits per heavy atom. The van der Waals surface area contributed by atoms with E-state index in [4.69, 9.17) is 0 Å². The second kappa shape index (κ2) is 5.57. The summed E-state index contributed by atoms with van der Waals surface area (Å²) < 4.78 is 0. The van der Waals surface area contributed by atoms with Gasteiger partial charge in [0.2, 0.25) is 5.91 Å². The molecular weight excluding hydrogens is 248 g/mol. The molecule has 0 spiro atoms. The number of aryl methyl sites for hydroxylation is 1. The molecule has 2 aliphatic rings. The van der Waals surface area contributed by atoms with Gasteiger partial charge in [-0.2, -0.15) is 0 Å². The van der Waals surface area contributed by atoms with Gasteiger partial charge in [-0.05, 0) is 49.8 Å². The molecule has 2 N–H and O–H groups in total. The van der Waals surface area contributed by atoms with Crippen molar-refractivity contribution in [2.45, 2.75) is 45.1 Å². The Morgan fingerprint density at radius 2 is 2.15 bits per heavy atom. The molecule has 1 saturated heterocycles. The first-order valence-corrected chi connectivity index (χ1v) is 7.76. The van der Waals surface area contributed by atoms with Gasteiger partial charge >= 0.3 is 0 Å². The summed E-state index contributed by atoms with van der Waals surface area (Å²) in [5, 5.41) is 6.62. The lowest BCUT2D eigenvalue weighted by molar-refractivity contribution is -0.131. The summed E-state index contributed by atoms with van der Waals surface area (Å²) in [5.74, 6) is 0.237. The number of hydrogen-bond acceptors (Lipinski definition) is 2. The van der Waals surface area contributed by atoms with Gasteiger partial charge in [0.25, 0.3) is 0 Å². The van der Waals surface area contributed by atoms with Gasteiger partial charge in [0, 0.05) is 12.6 Å². The molecular formula is C17H24N2O. The van der Waals surface area contributed by atoms with Crippen LogP contribution in [0.2, 0.25) is 0 Å². The number of nitrogens with one attached hydrogen (secondary N) is 2. The van der Waals surface area contributed by atoms with Gasteiger partial charge in [-0.15, -0.1) is 0 Å². The molecule has 3 rings (SSSR count). The Hall–Kier alpha value is -1.35. The van der Waals surface area contributed by atoms with E-state index in [2.05, 4.69) is 41.8 Å². The molecule has 1 aromatic carbocycles. The highest BCUT2D eigenvalue weighted by atomic mass is 16.2. The van der Waals surface area contributed by atoms with Gasteiger partial charge in [-0.25, -0.2) is 0 Å². The van der Waals surface area contributed by atoms with Crippen LogP contribution in [0.25, 0.3) is 0 Å². The molecule has 1 heterocycles. The van der Waals surface area contributed by atoms with Crippen molar-refractivity contribution in [1.29, 1.82) is 0 Å². The van der Waals surface area contributed by atoms with E-state index in [0.717, 1.165) is 45.2 Å². The Labute approximate surface area is 121 Å². The Morgan fingerprint density at radius 3 is 2.90 bits per heavy atom. The van der Waals surface area contributed by atoms with E-state index in [9.17, 15) is 4.79 Å². The third-order valence-corrected chi connectivity index (χ3v) is 4.83. The predicted molar refractivity (Wildman–Crippen MR) is 80.6 cm³/mol. The van der Waals surface area contributed by atoms with Crippen molar-refractivity contribution < 1.29 is 4.79 Å². The van der Waals surface area contributed by atoms with E-state index in [0.29, 0.717) is 6.04 Å². The van der Waals surface area contributed by atoms with E-state index in [1.807, 2.05) is 0 Å². The molecule has 0 radical (unpaired) electrons. The maximum Gasteiger partial charge on any atom is 0.226 e. The average molecular weight is 272 g/mol. The lowest BCUT2D eigenvalue weighted by atomic mass is 9.72.